The fraction of sp³-hybridized carbons (Fsp3) is 0.368. The summed E-state index contributed by atoms with van der Waals surface area (Å²) >= 11 is 0.572. The summed E-state index contributed by atoms with van der Waals surface area (Å²) in [4.78, 5) is 2.29. The molecule has 0 radical (unpaired) electrons. The quantitative estimate of drug-likeness (QED) is 0.771. The molecule has 1 nitrogen and oxygen atoms in total. The Hall–Kier alpha value is -1.08. The van der Waals surface area contributed by atoms with Gasteiger partial charge in [0.2, 0.25) is 0 Å². The van der Waals surface area contributed by atoms with Gasteiger partial charge in [-0.2, -0.15) is 0 Å². The standard InChI is InChI=1S/C19H23NSe/c1-20(2)13-7-11-17-16-9-4-3-8-15(16)14-21-19-12-6-5-10-18(17)19/h3-6,8-10,12,17H,7,11,13-14H2,1-2H3. The normalized spacial score (nSPS) is 17.2. The Balaban J connectivity index is 1.95. The minimum atomic E-state index is 0.572. The SMILES string of the molecule is CN(C)CCCC1c2ccccc2C[Se]c2ccccc21. The maximum absolute atomic E-state index is 2.36. The van der Waals surface area contributed by atoms with E-state index in [0.29, 0.717) is 20.9 Å². The number of rotatable bonds is 4. The van der Waals surface area contributed by atoms with Crippen molar-refractivity contribution in [2.75, 3.05) is 20.6 Å². The average molecular weight is 344 g/mol. The van der Waals surface area contributed by atoms with E-state index < -0.39 is 0 Å². The molecule has 0 aliphatic carbocycles. The van der Waals surface area contributed by atoms with Crippen molar-refractivity contribution in [2.24, 2.45) is 0 Å². The maximum atomic E-state index is 2.36. The van der Waals surface area contributed by atoms with Gasteiger partial charge >= 0.3 is 134 Å². The van der Waals surface area contributed by atoms with E-state index in [2.05, 4.69) is 67.5 Å². The number of benzene rings is 2. The Bertz CT molecular complexity index is 559. The van der Waals surface area contributed by atoms with E-state index in [1.807, 2.05) is 0 Å². The van der Waals surface area contributed by atoms with E-state index in [1.165, 1.54) is 24.7 Å². The predicted molar refractivity (Wildman–Crippen MR) is 91.6 cm³/mol. The molecule has 1 heterocycles. The van der Waals surface area contributed by atoms with Crippen molar-refractivity contribution in [1.29, 1.82) is 0 Å². The van der Waals surface area contributed by atoms with Crippen LogP contribution in [0.15, 0.2) is 48.5 Å². The average Bonchev–Trinajstić information content (AvgIpc) is 2.65. The zero-order valence-electron chi connectivity index (χ0n) is 12.9. The first kappa shape index (κ1) is 14.8. The molecule has 2 aromatic carbocycles. The first-order valence-corrected chi connectivity index (χ1v) is 9.77. The van der Waals surface area contributed by atoms with E-state index in [9.17, 15) is 0 Å². The third-order valence-electron chi connectivity index (χ3n) is 4.21. The summed E-state index contributed by atoms with van der Waals surface area (Å²) in [5.74, 6) is 0.585. The van der Waals surface area contributed by atoms with Crippen LogP contribution in [0.5, 0.6) is 0 Å². The van der Waals surface area contributed by atoms with Gasteiger partial charge in [-0.3, -0.25) is 0 Å². The number of fused-ring (bicyclic) bond motifs is 2. The van der Waals surface area contributed by atoms with Crippen molar-refractivity contribution in [2.45, 2.75) is 24.1 Å². The summed E-state index contributed by atoms with van der Waals surface area (Å²) in [5.41, 5.74) is 4.73. The monoisotopic (exact) mass is 345 g/mol. The molecule has 0 fully saturated rings. The van der Waals surface area contributed by atoms with Crippen LogP contribution in [0.1, 0.15) is 35.4 Å². The third kappa shape index (κ3) is 3.40. The molecule has 0 bridgehead atoms. The van der Waals surface area contributed by atoms with Gasteiger partial charge in [0.05, 0.1) is 0 Å². The van der Waals surface area contributed by atoms with Crippen molar-refractivity contribution >= 4 is 19.4 Å². The molecule has 1 atom stereocenters. The summed E-state index contributed by atoms with van der Waals surface area (Å²) in [6, 6.07) is 18.2. The van der Waals surface area contributed by atoms with Crippen LogP contribution < -0.4 is 4.46 Å². The Morgan fingerprint density at radius 3 is 2.52 bits per heavy atom. The van der Waals surface area contributed by atoms with Crippen molar-refractivity contribution in [3.05, 3.63) is 65.2 Å². The fourth-order valence-corrected chi connectivity index (χ4v) is 5.51. The third-order valence-corrected chi connectivity index (χ3v) is 6.59. The van der Waals surface area contributed by atoms with Crippen LogP contribution >= 0.6 is 0 Å². The van der Waals surface area contributed by atoms with Crippen molar-refractivity contribution in [1.82, 2.24) is 4.90 Å². The predicted octanol–water partition coefficient (Wildman–Crippen LogP) is 3.00. The Labute approximate surface area is 134 Å². The summed E-state index contributed by atoms with van der Waals surface area (Å²) in [6.07, 6.45) is 2.51. The molecule has 3 rings (SSSR count). The van der Waals surface area contributed by atoms with Gasteiger partial charge in [-0.25, -0.2) is 0 Å². The molecule has 1 aliphatic rings. The van der Waals surface area contributed by atoms with Crippen LogP contribution in [0.3, 0.4) is 0 Å². The van der Waals surface area contributed by atoms with Gasteiger partial charge in [-0.15, -0.1) is 0 Å². The van der Waals surface area contributed by atoms with Gasteiger partial charge in [0.25, 0.3) is 0 Å². The van der Waals surface area contributed by atoms with E-state index in [-0.39, 0.29) is 0 Å². The minimum absolute atomic E-state index is 0.572. The molecule has 0 amide bonds. The first-order chi connectivity index (χ1) is 10.3. The molecule has 2 aromatic rings. The Kier molecular flexibility index (Phi) is 4.80. The van der Waals surface area contributed by atoms with Gasteiger partial charge in [0.15, 0.2) is 0 Å². The Morgan fingerprint density at radius 1 is 1.00 bits per heavy atom. The van der Waals surface area contributed by atoms with Crippen LogP contribution in [0.2, 0.25) is 0 Å². The van der Waals surface area contributed by atoms with Gasteiger partial charge in [0, 0.05) is 0 Å². The first-order valence-electron chi connectivity index (χ1n) is 7.70. The molecule has 2 heteroatoms. The van der Waals surface area contributed by atoms with E-state index in [0.717, 1.165) is 0 Å². The summed E-state index contributed by atoms with van der Waals surface area (Å²) in [7, 11) is 4.33. The molecule has 21 heavy (non-hydrogen) atoms. The van der Waals surface area contributed by atoms with Crippen LogP contribution in [0.25, 0.3) is 0 Å². The van der Waals surface area contributed by atoms with E-state index >= 15 is 0 Å². The van der Waals surface area contributed by atoms with Crippen LogP contribution in [0.4, 0.5) is 0 Å². The fourth-order valence-electron chi connectivity index (χ4n) is 3.15. The van der Waals surface area contributed by atoms with E-state index in [4.69, 9.17) is 0 Å². The van der Waals surface area contributed by atoms with Gasteiger partial charge in [-0.05, 0) is 0 Å². The van der Waals surface area contributed by atoms with E-state index in [1.54, 1.807) is 21.2 Å². The van der Waals surface area contributed by atoms with Crippen molar-refractivity contribution < 1.29 is 0 Å². The van der Waals surface area contributed by atoms with Crippen molar-refractivity contribution in [3.63, 3.8) is 0 Å². The zero-order chi connectivity index (χ0) is 14.7. The molecule has 0 aromatic heterocycles. The molecule has 0 spiro atoms. The summed E-state index contributed by atoms with van der Waals surface area (Å²) in [5, 5.41) is 1.24. The van der Waals surface area contributed by atoms with Gasteiger partial charge < -0.3 is 0 Å². The second-order valence-corrected chi connectivity index (χ2v) is 8.16. The molecular weight excluding hydrogens is 321 g/mol. The zero-order valence-corrected chi connectivity index (χ0v) is 14.6. The molecule has 1 unspecified atom stereocenters. The van der Waals surface area contributed by atoms with Crippen molar-refractivity contribution in [3.8, 4) is 0 Å². The summed E-state index contributed by atoms with van der Waals surface area (Å²) in [6.45, 7) is 1.17. The topological polar surface area (TPSA) is 3.24 Å². The second kappa shape index (κ2) is 6.79. The number of hydrogen-bond acceptors (Lipinski definition) is 1. The van der Waals surface area contributed by atoms with Gasteiger partial charge in [0.1, 0.15) is 0 Å². The molecule has 0 saturated carbocycles. The summed E-state index contributed by atoms with van der Waals surface area (Å²) < 4.78 is 1.61. The second-order valence-electron chi connectivity index (χ2n) is 6.02. The van der Waals surface area contributed by atoms with Crippen LogP contribution in [-0.4, -0.2) is 40.5 Å². The number of nitrogens with zero attached hydrogens (tertiary/aromatic N) is 1. The Morgan fingerprint density at radius 2 is 1.71 bits per heavy atom. The molecule has 0 saturated heterocycles. The van der Waals surface area contributed by atoms with Crippen LogP contribution in [0, 0.1) is 0 Å². The van der Waals surface area contributed by atoms with Gasteiger partial charge in [-0.1, -0.05) is 0 Å². The molecule has 0 N–H and O–H groups in total. The molecular formula is C19H23NSe. The van der Waals surface area contributed by atoms with Crippen LogP contribution in [-0.2, 0) is 5.32 Å². The molecule has 1 aliphatic heterocycles. The molecule has 110 valence electrons. The number of hydrogen-bond donors (Lipinski definition) is 0.